The van der Waals surface area contributed by atoms with E-state index in [-0.39, 0.29) is 31.4 Å². The van der Waals surface area contributed by atoms with Crippen molar-refractivity contribution >= 4 is 28.6 Å². The van der Waals surface area contributed by atoms with Gasteiger partial charge in [0.05, 0.1) is 13.1 Å². The average Bonchev–Trinajstić information content (AvgIpc) is 3.13. The number of amides is 3. The standard InChI is InChI=1S/C23H23FN4O3/c1-23(22(31)26-13-20(29)25-12-15-6-5-8-17(24)10-15)14-28-18-9-4-3-7-16(18)11-19(28)21(30)27(23)2/h3-11H,12-14H2,1-2H3,(H,25,29)(H,26,31)/t23-/m0/s1. The number of rotatable bonds is 5. The molecule has 3 aromatic rings. The molecule has 1 aromatic heterocycles. The smallest absolute Gasteiger partial charge is 0.271 e. The number of hydrogen-bond donors (Lipinski definition) is 2. The lowest BCUT2D eigenvalue weighted by Gasteiger charge is -2.41. The van der Waals surface area contributed by atoms with Crippen LogP contribution in [0, 0.1) is 5.82 Å². The zero-order valence-corrected chi connectivity index (χ0v) is 17.3. The number of carbonyl (C=O) groups is 3. The summed E-state index contributed by atoms with van der Waals surface area (Å²) in [6, 6.07) is 15.4. The van der Waals surface area contributed by atoms with E-state index in [1.807, 2.05) is 34.9 Å². The SMILES string of the molecule is CN1C(=O)c2cc3ccccc3n2C[C@@]1(C)C(=O)NCC(=O)NCc1cccc(F)c1. The molecular formula is C23H23FN4O3. The van der Waals surface area contributed by atoms with Crippen molar-refractivity contribution in [1.82, 2.24) is 20.1 Å². The number of halogens is 1. The lowest BCUT2D eigenvalue weighted by molar-refractivity contribution is -0.134. The van der Waals surface area contributed by atoms with Crippen LogP contribution in [0.4, 0.5) is 4.39 Å². The third-order valence-electron chi connectivity index (χ3n) is 5.82. The van der Waals surface area contributed by atoms with E-state index in [9.17, 15) is 18.8 Å². The molecule has 1 atom stereocenters. The first kappa shape index (κ1) is 20.6. The first-order valence-electron chi connectivity index (χ1n) is 9.95. The normalized spacial score (nSPS) is 18.0. The molecule has 1 aliphatic heterocycles. The molecule has 2 N–H and O–H groups in total. The Morgan fingerprint density at radius 1 is 1.10 bits per heavy atom. The van der Waals surface area contributed by atoms with Crippen LogP contribution in [0.3, 0.4) is 0 Å². The summed E-state index contributed by atoms with van der Waals surface area (Å²) in [4.78, 5) is 39.5. The maximum atomic E-state index is 13.2. The van der Waals surface area contributed by atoms with Crippen LogP contribution < -0.4 is 10.6 Å². The highest BCUT2D eigenvalue weighted by Gasteiger charge is 2.45. The van der Waals surface area contributed by atoms with Gasteiger partial charge in [-0.25, -0.2) is 4.39 Å². The second-order valence-electron chi connectivity index (χ2n) is 7.90. The number of carbonyl (C=O) groups excluding carboxylic acids is 3. The zero-order chi connectivity index (χ0) is 22.2. The van der Waals surface area contributed by atoms with Crippen molar-refractivity contribution in [1.29, 1.82) is 0 Å². The molecule has 7 nitrogen and oxygen atoms in total. The van der Waals surface area contributed by atoms with Gasteiger partial charge in [0.25, 0.3) is 5.91 Å². The molecule has 160 valence electrons. The van der Waals surface area contributed by atoms with Gasteiger partial charge in [-0.15, -0.1) is 0 Å². The van der Waals surface area contributed by atoms with Crippen LogP contribution in [-0.4, -0.2) is 46.3 Å². The maximum Gasteiger partial charge on any atom is 0.271 e. The predicted molar refractivity (Wildman–Crippen MR) is 114 cm³/mol. The first-order chi connectivity index (χ1) is 14.8. The van der Waals surface area contributed by atoms with Crippen molar-refractivity contribution in [2.24, 2.45) is 0 Å². The van der Waals surface area contributed by atoms with E-state index in [4.69, 9.17) is 0 Å². The lowest BCUT2D eigenvalue weighted by atomic mass is 9.95. The molecule has 2 heterocycles. The molecule has 4 rings (SSSR count). The van der Waals surface area contributed by atoms with Crippen LogP contribution in [0.2, 0.25) is 0 Å². The summed E-state index contributed by atoms with van der Waals surface area (Å²) in [5.74, 6) is -1.46. The molecule has 0 unspecified atom stereocenters. The molecule has 3 amide bonds. The number of para-hydroxylation sites is 1. The lowest BCUT2D eigenvalue weighted by Crippen LogP contribution is -2.63. The van der Waals surface area contributed by atoms with Crippen LogP contribution in [0.25, 0.3) is 10.9 Å². The van der Waals surface area contributed by atoms with Crippen molar-refractivity contribution in [3.05, 3.63) is 71.7 Å². The fourth-order valence-corrected chi connectivity index (χ4v) is 3.85. The highest BCUT2D eigenvalue weighted by molar-refractivity contribution is 6.03. The summed E-state index contributed by atoms with van der Waals surface area (Å²) in [6.07, 6.45) is 0. The van der Waals surface area contributed by atoms with Gasteiger partial charge in [0.15, 0.2) is 0 Å². The van der Waals surface area contributed by atoms with Crippen LogP contribution in [0.1, 0.15) is 23.0 Å². The minimum Gasteiger partial charge on any atom is -0.350 e. The molecule has 0 spiro atoms. The Kier molecular flexibility index (Phi) is 5.22. The molecular weight excluding hydrogens is 399 g/mol. The minimum atomic E-state index is -1.16. The zero-order valence-electron chi connectivity index (χ0n) is 17.3. The molecule has 8 heteroatoms. The largest absolute Gasteiger partial charge is 0.350 e. The second-order valence-corrected chi connectivity index (χ2v) is 7.90. The van der Waals surface area contributed by atoms with E-state index >= 15 is 0 Å². The topological polar surface area (TPSA) is 83.4 Å². The number of fused-ring (bicyclic) bond motifs is 3. The van der Waals surface area contributed by atoms with Gasteiger partial charge in [-0.05, 0) is 36.8 Å². The molecule has 31 heavy (non-hydrogen) atoms. The fraction of sp³-hybridized carbons (Fsp3) is 0.261. The predicted octanol–water partition coefficient (Wildman–Crippen LogP) is 2.06. The monoisotopic (exact) mass is 422 g/mol. The summed E-state index contributed by atoms with van der Waals surface area (Å²) in [5, 5.41) is 6.21. The van der Waals surface area contributed by atoms with Crippen LogP contribution >= 0.6 is 0 Å². The average molecular weight is 422 g/mol. The molecule has 0 saturated heterocycles. The highest BCUT2D eigenvalue weighted by atomic mass is 19.1. The van der Waals surface area contributed by atoms with Gasteiger partial charge in [0.2, 0.25) is 11.8 Å². The molecule has 0 aliphatic carbocycles. The summed E-state index contributed by atoms with van der Waals surface area (Å²) < 4.78 is 15.1. The van der Waals surface area contributed by atoms with Gasteiger partial charge in [-0.2, -0.15) is 0 Å². The van der Waals surface area contributed by atoms with Crippen LogP contribution in [-0.2, 0) is 22.7 Å². The van der Waals surface area contributed by atoms with E-state index in [2.05, 4.69) is 10.6 Å². The van der Waals surface area contributed by atoms with E-state index < -0.39 is 17.4 Å². The van der Waals surface area contributed by atoms with E-state index in [1.54, 1.807) is 26.1 Å². The second kappa shape index (κ2) is 7.86. The van der Waals surface area contributed by atoms with E-state index in [0.717, 1.165) is 10.9 Å². The number of hydrogen-bond acceptors (Lipinski definition) is 3. The Bertz CT molecular complexity index is 1190. The molecule has 2 aromatic carbocycles. The van der Waals surface area contributed by atoms with E-state index in [1.165, 1.54) is 17.0 Å². The van der Waals surface area contributed by atoms with Crippen molar-refractivity contribution in [3.8, 4) is 0 Å². The summed E-state index contributed by atoms with van der Waals surface area (Å²) in [5.41, 5.74) is 0.873. The number of nitrogens with zero attached hydrogens (tertiary/aromatic N) is 2. The Labute approximate surface area is 178 Å². The van der Waals surface area contributed by atoms with Crippen LogP contribution in [0.15, 0.2) is 54.6 Å². The van der Waals surface area contributed by atoms with Crippen LogP contribution in [0.5, 0.6) is 0 Å². The molecule has 0 fully saturated rings. The molecule has 0 saturated carbocycles. The Morgan fingerprint density at radius 2 is 1.87 bits per heavy atom. The summed E-state index contributed by atoms with van der Waals surface area (Å²) in [6.45, 7) is 1.86. The Balaban J connectivity index is 1.44. The van der Waals surface area contributed by atoms with Crippen molar-refractivity contribution in [2.45, 2.75) is 25.6 Å². The fourth-order valence-electron chi connectivity index (χ4n) is 3.85. The molecule has 0 bridgehead atoms. The third-order valence-corrected chi connectivity index (χ3v) is 5.82. The van der Waals surface area contributed by atoms with E-state index in [0.29, 0.717) is 11.3 Å². The number of benzene rings is 2. The first-order valence-corrected chi connectivity index (χ1v) is 9.95. The van der Waals surface area contributed by atoms with Crippen molar-refractivity contribution in [2.75, 3.05) is 13.6 Å². The minimum absolute atomic E-state index is 0.154. The Morgan fingerprint density at radius 3 is 2.65 bits per heavy atom. The highest BCUT2D eigenvalue weighted by Crippen LogP contribution is 2.31. The van der Waals surface area contributed by atoms with Gasteiger partial charge in [-0.3, -0.25) is 14.4 Å². The molecule has 1 aliphatic rings. The Hall–Kier alpha value is -3.68. The third kappa shape index (κ3) is 3.76. The maximum absolute atomic E-state index is 13.2. The molecule has 0 radical (unpaired) electrons. The van der Waals surface area contributed by atoms with Gasteiger partial charge in [0, 0.05) is 24.5 Å². The number of aromatic nitrogens is 1. The van der Waals surface area contributed by atoms with Gasteiger partial charge in [-0.1, -0.05) is 30.3 Å². The van der Waals surface area contributed by atoms with Crippen molar-refractivity contribution < 1.29 is 18.8 Å². The summed E-state index contributed by atoms with van der Waals surface area (Å²) >= 11 is 0. The number of nitrogens with one attached hydrogen (secondary N) is 2. The quantitative estimate of drug-likeness (QED) is 0.660. The number of likely N-dealkylation sites (N-methyl/N-ethyl adjacent to an activating group) is 1. The van der Waals surface area contributed by atoms with Gasteiger partial charge < -0.3 is 20.1 Å². The summed E-state index contributed by atoms with van der Waals surface area (Å²) in [7, 11) is 1.59. The van der Waals surface area contributed by atoms with Gasteiger partial charge in [0.1, 0.15) is 17.1 Å². The van der Waals surface area contributed by atoms with Gasteiger partial charge >= 0.3 is 0 Å². The van der Waals surface area contributed by atoms with Crippen molar-refractivity contribution in [3.63, 3.8) is 0 Å².